The molecule has 1 heterocycles. The molecule has 134 valence electrons. The molecule has 0 N–H and O–H groups in total. The molecule has 0 unspecified atom stereocenters. The third kappa shape index (κ3) is 4.62. The second-order valence-corrected chi connectivity index (χ2v) is 8.95. The smallest absolute Gasteiger partial charge is 0.338 e. The van der Waals surface area contributed by atoms with Crippen LogP contribution in [0.3, 0.4) is 0 Å². The maximum Gasteiger partial charge on any atom is 0.338 e. The van der Waals surface area contributed by atoms with Gasteiger partial charge in [-0.3, -0.25) is 4.79 Å². The molecule has 0 saturated carbocycles. The summed E-state index contributed by atoms with van der Waals surface area (Å²) in [5.41, 5.74) is 0.272. The molecule has 0 aliphatic rings. The summed E-state index contributed by atoms with van der Waals surface area (Å²) in [5.74, 6) is -1.24. The van der Waals surface area contributed by atoms with Crippen molar-refractivity contribution in [2.24, 2.45) is 0 Å². The molecule has 25 heavy (non-hydrogen) atoms. The monoisotopic (exact) mass is 399 g/mol. The summed E-state index contributed by atoms with van der Waals surface area (Å²) in [5, 5.41) is 0. The van der Waals surface area contributed by atoms with E-state index in [1.165, 1.54) is 47.4 Å². The lowest BCUT2D eigenvalue weighted by Gasteiger charge is -2.20. The Hall–Kier alpha value is -1.84. The highest BCUT2D eigenvalue weighted by molar-refractivity contribution is 8.00. The van der Waals surface area contributed by atoms with Gasteiger partial charge in [-0.05, 0) is 43.5 Å². The number of ether oxygens (including phenoxy) is 1. The minimum absolute atomic E-state index is 0.0946. The first kappa shape index (κ1) is 19.5. The number of esters is 1. The van der Waals surface area contributed by atoms with Gasteiger partial charge < -0.3 is 4.74 Å². The summed E-state index contributed by atoms with van der Waals surface area (Å²) < 4.78 is 31.0. The van der Waals surface area contributed by atoms with Crippen LogP contribution in [0.4, 0.5) is 5.69 Å². The Morgan fingerprint density at radius 3 is 2.52 bits per heavy atom. The molecular formula is C16H17NO5S3. The molecule has 0 aliphatic heterocycles. The molecule has 6 nitrogen and oxygen atoms in total. The van der Waals surface area contributed by atoms with Crippen molar-refractivity contribution in [2.75, 3.05) is 23.4 Å². The topological polar surface area (TPSA) is 80.8 Å². The van der Waals surface area contributed by atoms with E-state index >= 15 is 0 Å². The van der Waals surface area contributed by atoms with Gasteiger partial charge in [0.2, 0.25) is 10.0 Å². The number of nitrogens with zero attached hydrogens (tertiary/aromatic N) is 1. The van der Waals surface area contributed by atoms with Crippen molar-refractivity contribution in [1.29, 1.82) is 0 Å². The molecule has 0 spiro atoms. The molecule has 2 rings (SSSR count). The van der Waals surface area contributed by atoms with Gasteiger partial charge in [0.05, 0.1) is 33.2 Å². The highest BCUT2D eigenvalue weighted by Crippen LogP contribution is 2.29. The number of carbonyl (C=O) groups is 2. The lowest BCUT2D eigenvalue weighted by Crippen LogP contribution is -2.35. The molecule has 1 amide bonds. The van der Waals surface area contributed by atoms with Gasteiger partial charge in [-0.15, -0.1) is 23.1 Å². The summed E-state index contributed by atoms with van der Waals surface area (Å²) in [6, 6.07) is 9.16. The van der Waals surface area contributed by atoms with Crippen LogP contribution in [0.1, 0.15) is 27.0 Å². The van der Waals surface area contributed by atoms with Crippen LogP contribution in [0.5, 0.6) is 0 Å². The minimum atomic E-state index is -3.89. The van der Waals surface area contributed by atoms with E-state index in [0.717, 1.165) is 10.5 Å². The maximum atomic E-state index is 12.8. The van der Waals surface area contributed by atoms with Gasteiger partial charge >= 0.3 is 5.97 Å². The number of rotatable bonds is 6. The highest BCUT2D eigenvalue weighted by atomic mass is 32.2. The molecule has 0 aliphatic carbocycles. The highest BCUT2D eigenvalue weighted by Gasteiger charge is 2.28. The van der Waals surface area contributed by atoms with Crippen molar-refractivity contribution in [2.45, 2.75) is 11.1 Å². The van der Waals surface area contributed by atoms with E-state index in [-0.39, 0.29) is 17.9 Å². The Morgan fingerprint density at radius 1 is 1.24 bits per heavy atom. The molecule has 0 saturated heterocycles. The zero-order valence-corrected chi connectivity index (χ0v) is 16.3. The lowest BCUT2D eigenvalue weighted by molar-refractivity contribution is 0.0526. The number of anilines is 1. The predicted molar refractivity (Wildman–Crippen MR) is 100 cm³/mol. The van der Waals surface area contributed by atoms with Crippen molar-refractivity contribution < 1.29 is 22.7 Å². The molecule has 2 aromatic rings. The van der Waals surface area contributed by atoms with Crippen LogP contribution in [0, 0.1) is 0 Å². The normalized spacial score (nSPS) is 11.2. The van der Waals surface area contributed by atoms with Gasteiger partial charge in [-0.25, -0.2) is 17.5 Å². The first-order valence-electron chi connectivity index (χ1n) is 7.23. The summed E-state index contributed by atoms with van der Waals surface area (Å²) in [6.45, 7) is 1.87. The Labute approximate surface area is 154 Å². The van der Waals surface area contributed by atoms with Gasteiger partial charge in [0.25, 0.3) is 5.91 Å². The second kappa shape index (κ2) is 8.03. The Balaban J connectivity index is 2.47. The van der Waals surface area contributed by atoms with E-state index in [2.05, 4.69) is 0 Å². The van der Waals surface area contributed by atoms with Crippen molar-refractivity contribution in [3.05, 3.63) is 46.8 Å². The van der Waals surface area contributed by atoms with E-state index in [9.17, 15) is 18.0 Å². The standard InChI is InChI=1S/C16H17NO5S3/c1-4-22-16(19)11-6-5-7-12(10-11)17(25(3,20)21)15(18)13-8-9-14(23-2)24-13/h5-10H,4H2,1-3H3. The second-order valence-electron chi connectivity index (χ2n) is 4.93. The van der Waals surface area contributed by atoms with E-state index < -0.39 is 21.9 Å². The van der Waals surface area contributed by atoms with Gasteiger partial charge in [0.15, 0.2) is 0 Å². The molecular weight excluding hydrogens is 382 g/mol. The van der Waals surface area contributed by atoms with Gasteiger partial charge in [-0.1, -0.05) is 6.07 Å². The summed E-state index contributed by atoms with van der Waals surface area (Å²) in [4.78, 5) is 24.9. The Bertz CT molecular complexity index is 889. The zero-order valence-electron chi connectivity index (χ0n) is 13.9. The van der Waals surface area contributed by atoms with Crippen LogP contribution in [-0.4, -0.2) is 39.4 Å². The number of thioether (sulfide) groups is 1. The summed E-state index contributed by atoms with van der Waals surface area (Å²) >= 11 is 2.69. The van der Waals surface area contributed by atoms with Gasteiger partial charge in [-0.2, -0.15) is 0 Å². The number of benzene rings is 1. The number of carbonyl (C=O) groups excluding carboxylic acids is 2. The van der Waals surface area contributed by atoms with Crippen LogP contribution < -0.4 is 4.31 Å². The van der Waals surface area contributed by atoms with Crippen LogP contribution in [0.15, 0.2) is 40.6 Å². The number of thiophene rings is 1. The molecule has 1 aromatic heterocycles. The van der Waals surface area contributed by atoms with Gasteiger partial charge in [0.1, 0.15) is 0 Å². The molecule has 0 atom stereocenters. The molecule has 0 radical (unpaired) electrons. The third-order valence-corrected chi connectivity index (χ3v) is 6.30. The molecule has 9 heteroatoms. The van der Waals surface area contributed by atoms with E-state index in [0.29, 0.717) is 9.18 Å². The van der Waals surface area contributed by atoms with Gasteiger partial charge in [0, 0.05) is 0 Å². The molecule has 1 aromatic carbocycles. The fourth-order valence-corrected chi connectivity index (χ4v) is 4.51. The number of hydrogen-bond acceptors (Lipinski definition) is 7. The summed E-state index contributed by atoms with van der Waals surface area (Å²) in [7, 11) is -3.89. The van der Waals surface area contributed by atoms with E-state index in [1.54, 1.807) is 19.1 Å². The molecule has 0 bridgehead atoms. The Kier molecular flexibility index (Phi) is 6.26. The first-order valence-corrected chi connectivity index (χ1v) is 11.1. The third-order valence-electron chi connectivity index (χ3n) is 3.10. The lowest BCUT2D eigenvalue weighted by atomic mass is 10.2. The van der Waals surface area contributed by atoms with Crippen molar-refractivity contribution >= 4 is 50.7 Å². The summed E-state index contributed by atoms with van der Waals surface area (Å²) in [6.07, 6.45) is 2.82. The van der Waals surface area contributed by atoms with E-state index in [1.807, 2.05) is 6.26 Å². The fourth-order valence-electron chi connectivity index (χ4n) is 2.08. The number of amides is 1. The van der Waals surface area contributed by atoms with Crippen LogP contribution >= 0.6 is 23.1 Å². The van der Waals surface area contributed by atoms with Crippen LogP contribution in [-0.2, 0) is 14.8 Å². The van der Waals surface area contributed by atoms with Crippen molar-refractivity contribution in [3.8, 4) is 0 Å². The Morgan fingerprint density at radius 2 is 1.96 bits per heavy atom. The number of hydrogen-bond donors (Lipinski definition) is 0. The predicted octanol–water partition coefficient (Wildman–Crippen LogP) is 3.25. The first-order chi connectivity index (χ1) is 11.8. The van der Waals surface area contributed by atoms with E-state index in [4.69, 9.17) is 4.74 Å². The fraction of sp³-hybridized carbons (Fsp3) is 0.250. The average molecular weight is 400 g/mol. The van der Waals surface area contributed by atoms with Crippen LogP contribution in [0.2, 0.25) is 0 Å². The average Bonchev–Trinajstić information content (AvgIpc) is 3.03. The zero-order chi connectivity index (χ0) is 18.6. The quantitative estimate of drug-likeness (QED) is 0.548. The van der Waals surface area contributed by atoms with Crippen molar-refractivity contribution in [3.63, 3.8) is 0 Å². The number of sulfonamides is 1. The molecule has 0 fully saturated rings. The SMILES string of the molecule is CCOC(=O)c1cccc(N(C(=O)c2ccc(SC)s2)S(C)(=O)=O)c1. The van der Waals surface area contributed by atoms with Crippen molar-refractivity contribution in [1.82, 2.24) is 0 Å². The largest absolute Gasteiger partial charge is 0.462 e. The minimum Gasteiger partial charge on any atom is -0.462 e. The van der Waals surface area contributed by atoms with Crippen LogP contribution in [0.25, 0.3) is 0 Å². The maximum absolute atomic E-state index is 12.8.